The predicted octanol–water partition coefficient (Wildman–Crippen LogP) is 5.68. The Hall–Kier alpha value is -2.49. The molecular weight excluding hydrogens is 371 g/mol. The van der Waals surface area contributed by atoms with E-state index < -0.39 is 0 Å². The van der Waals surface area contributed by atoms with Gasteiger partial charge in [0.15, 0.2) is 5.78 Å². The summed E-state index contributed by atoms with van der Waals surface area (Å²) in [6, 6.07) is 21.3. The van der Waals surface area contributed by atoms with Crippen LogP contribution in [-0.2, 0) is 0 Å². The minimum absolute atomic E-state index is 0.0159. The Morgan fingerprint density at radius 1 is 0.769 bits per heavy atom. The van der Waals surface area contributed by atoms with Crippen LogP contribution in [0, 0.1) is 0 Å². The summed E-state index contributed by atoms with van der Waals surface area (Å²) >= 11 is 11.9. The number of hydrogen-bond donors (Lipinski definition) is 0. The third-order valence-electron chi connectivity index (χ3n) is 3.66. The van der Waals surface area contributed by atoms with Gasteiger partial charge in [0.1, 0.15) is 24.7 Å². The monoisotopic (exact) mass is 386 g/mol. The molecule has 0 atom stereocenters. The molecule has 0 heterocycles. The number of hydrogen-bond acceptors (Lipinski definition) is 3. The van der Waals surface area contributed by atoms with Crippen LogP contribution in [0.1, 0.15) is 15.9 Å². The molecular formula is C21H16Cl2O3. The van der Waals surface area contributed by atoms with Crippen molar-refractivity contribution in [3.05, 3.63) is 94.0 Å². The normalized spacial score (nSPS) is 10.4. The highest BCUT2D eigenvalue weighted by molar-refractivity contribution is 6.35. The molecule has 0 amide bonds. The van der Waals surface area contributed by atoms with Gasteiger partial charge >= 0.3 is 0 Å². The van der Waals surface area contributed by atoms with E-state index in [-0.39, 0.29) is 5.78 Å². The molecule has 0 spiro atoms. The van der Waals surface area contributed by atoms with Crippen LogP contribution in [-0.4, -0.2) is 19.0 Å². The number of benzene rings is 3. The second-order valence-electron chi connectivity index (χ2n) is 5.49. The minimum atomic E-state index is -0.0159. The number of halogens is 2. The number of ketones is 1. The molecule has 0 N–H and O–H groups in total. The third-order valence-corrected chi connectivity index (χ3v) is 4.19. The van der Waals surface area contributed by atoms with Gasteiger partial charge in [-0.3, -0.25) is 4.79 Å². The molecule has 3 nitrogen and oxygen atoms in total. The lowest BCUT2D eigenvalue weighted by Crippen LogP contribution is -2.09. The molecule has 5 heteroatoms. The zero-order valence-electron chi connectivity index (χ0n) is 13.8. The molecule has 0 saturated carbocycles. The van der Waals surface area contributed by atoms with E-state index in [9.17, 15) is 4.79 Å². The van der Waals surface area contributed by atoms with Crippen molar-refractivity contribution in [2.75, 3.05) is 13.2 Å². The number of carbonyl (C=O) groups excluding carboxylic acids is 1. The second-order valence-corrected chi connectivity index (χ2v) is 6.33. The van der Waals surface area contributed by atoms with Gasteiger partial charge in [-0.15, -0.1) is 0 Å². The van der Waals surface area contributed by atoms with Gasteiger partial charge in [0.2, 0.25) is 0 Å². The number of rotatable bonds is 7. The average molecular weight is 387 g/mol. The Kier molecular flexibility index (Phi) is 6.16. The summed E-state index contributed by atoms with van der Waals surface area (Å²) in [5, 5.41) is 1.02. The Bertz CT molecular complexity index is 878. The van der Waals surface area contributed by atoms with Crippen LogP contribution in [0.2, 0.25) is 10.0 Å². The van der Waals surface area contributed by atoms with Crippen LogP contribution in [0.15, 0.2) is 72.8 Å². The van der Waals surface area contributed by atoms with E-state index in [0.717, 1.165) is 0 Å². The Morgan fingerprint density at radius 2 is 1.42 bits per heavy atom. The Labute approximate surface area is 162 Å². The van der Waals surface area contributed by atoms with Gasteiger partial charge in [0.05, 0.1) is 5.02 Å². The van der Waals surface area contributed by atoms with Crippen molar-refractivity contribution in [1.29, 1.82) is 0 Å². The summed E-state index contributed by atoms with van der Waals surface area (Å²) in [6.45, 7) is 0.691. The Morgan fingerprint density at radius 3 is 2.12 bits per heavy atom. The highest BCUT2D eigenvalue weighted by atomic mass is 35.5. The van der Waals surface area contributed by atoms with Crippen LogP contribution < -0.4 is 9.47 Å². The largest absolute Gasteiger partial charge is 0.490 e. The molecule has 3 aromatic carbocycles. The van der Waals surface area contributed by atoms with Crippen LogP contribution in [0.4, 0.5) is 0 Å². The Balaban J connectivity index is 1.51. The topological polar surface area (TPSA) is 35.5 Å². The molecule has 132 valence electrons. The van der Waals surface area contributed by atoms with E-state index in [1.165, 1.54) is 0 Å². The summed E-state index contributed by atoms with van der Waals surface area (Å²) in [7, 11) is 0. The van der Waals surface area contributed by atoms with Crippen LogP contribution >= 0.6 is 23.2 Å². The predicted molar refractivity (Wildman–Crippen MR) is 104 cm³/mol. The van der Waals surface area contributed by atoms with Crippen molar-refractivity contribution in [1.82, 2.24) is 0 Å². The maximum atomic E-state index is 12.3. The van der Waals surface area contributed by atoms with E-state index in [1.54, 1.807) is 54.6 Å². The molecule has 0 aliphatic carbocycles. The van der Waals surface area contributed by atoms with E-state index in [4.69, 9.17) is 32.7 Å². The molecule has 26 heavy (non-hydrogen) atoms. The van der Waals surface area contributed by atoms with Crippen LogP contribution in [0.25, 0.3) is 0 Å². The van der Waals surface area contributed by atoms with Gasteiger partial charge in [0, 0.05) is 16.1 Å². The molecule has 0 saturated heterocycles. The molecule has 0 bridgehead atoms. The smallest absolute Gasteiger partial charge is 0.193 e. The maximum Gasteiger partial charge on any atom is 0.193 e. The third kappa shape index (κ3) is 4.78. The lowest BCUT2D eigenvalue weighted by atomic mass is 10.0. The van der Waals surface area contributed by atoms with Crippen LogP contribution in [0.5, 0.6) is 11.5 Å². The van der Waals surface area contributed by atoms with Gasteiger partial charge in [-0.2, -0.15) is 0 Å². The van der Waals surface area contributed by atoms with E-state index in [1.807, 2.05) is 18.2 Å². The second kappa shape index (κ2) is 8.75. The first-order chi connectivity index (χ1) is 12.6. The molecule has 3 aromatic rings. The summed E-state index contributed by atoms with van der Waals surface area (Å²) in [4.78, 5) is 12.3. The van der Waals surface area contributed by atoms with Crippen molar-refractivity contribution >= 4 is 29.0 Å². The van der Waals surface area contributed by atoms with Gasteiger partial charge in [-0.25, -0.2) is 0 Å². The molecule has 0 fully saturated rings. The minimum Gasteiger partial charge on any atom is -0.490 e. The summed E-state index contributed by atoms with van der Waals surface area (Å²) < 4.78 is 11.2. The van der Waals surface area contributed by atoms with E-state index >= 15 is 0 Å². The summed E-state index contributed by atoms with van der Waals surface area (Å²) in [5.41, 5.74) is 1.28. The molecule has 0 unspecified atom stereocenters. The first-order valence-electron chi connectivity index (χ1n) is 8.04. The molecule has 3 rings (SSSR count). The fraction of sp³-hybridized carbons (Fsp3) is 0.0952. The molecule has 0 aliphatic rings. The highest BCUT2D eigenvalue weighted by Gasteiger charge is 2.08. The standard InChI is InChI=1S/C21H16Cl2O3/c22-17-8-11-20(19(23)14-17)26-13-12-25-18-9-6-16(7-10-18)21(24)15-4-2-1-3-5-15/h1-11,14H,12-13H2. The quantitative estimate of drug-likeness (QED) is 0.386. The molecule has 0 aromatic heterocycles. The van der Waals surface area contributed by atoms with Crippen molar-refractivity contribution in [3.63, 3.8) is 0 Å². The molecule has 0 radical (unpaired) electrons. The maximum absolute atomic E-state index is 12.3. The lowest BCUT2D eigenvalue weighted by Gasteiger charge is -2.10. The summed E-state index contributed by atoms with van der Waals surface area (Å²) in [5.74, 6) is 1.21. The van der Waals surface area contributed by atoms with Gasteiger partial charge in [-0.05, 0) is 42.5 Å². The van der Waals surface area contributed by atoms with E-state index in [0.29, 0.717) is 45.9 Å². The zero-order chi connectivity index (χ0) is 18.4. The van der Waals surface area contributed by atoms with Crippen LogP contribution in [0.3, 0.4) is 0 Å². The van der Waals surface area contributed by atoms with Gasteiger partial charge in [-0.1, -0.05) is 53.5 Å². The summed E-state index contributed by atoms with van der Waals surface area (Å²) in [6.07, 6.45) is 0. The first kappa shape index (κ1) is 18.3. The molecule has 0 aliphatic heterocycles. The number of carbonyl (C=O) groups is 1. The van der Waals surface area contributed by atoms with Gasteiger partial charge in [0.25, 0.3) is 0 Å². The van der Waals surface area contributed by atoms with Crippen molar-refractivity contribution in [2.24, 2.45) is 0 Å². The van der Waals surface area contributed by atoms with Crippen molar-refractivity contribution < 1.29 is 14.3 Å². The van der Waals surface area contributed by atoms with Crippen molar-refractivity contribution in [2.45, 2.75) is 0 Å². The fourth-order valence-electron chi connectivity index (χ4n) is 2.36. The first-order valence-corrected chi connectivity index (χ1v) is 8.79. The van der Waals surface area contributed by atoms with Gasteiger partial charge < -0.3 is 9.47 Å². The fourth-order valence-corrected chi connectivity index (χ4v) is 2.83. The van der Waals surface area contributed by atoms with Crippen molar-refractivity contribution in [3.8, 4) is 11.5 Å². The van der Waals surface area contributed by atoms with E-state index in [2.05, 4.69) is 0 Å². The zero-order valence-corrected chi connectivity index (χ0v) is 15.3. The highest BCUT2D eigenvalue weighted by Crippen LogP contribution is 2.27. The lowest BCUT2D eigenvalue weighted by molar-refractivity contribution is 0.103. The SMILES string of the molecule is O=C(c1ccccc1)c1ccc(OCCOc2ccc(Cl)cc2Cl)cc1. The number of ether oxygens (including phenoxy) is 2. The average Bonchev–Trinajstić information content (AvgIpc) is 2.67.